The molecule has 6 heteroatoms. The van der Waals surface area contributed by atoms with Crippen LogP contribution in [-0.4, -0.2) is 41.6 Å². The number of hydrogen-bond donors (Lipinski definition) is 1. The third kappa shape index (κ3) is 3.23. The quantitative estimate of drug-likeness (QED) is 0.736. The van der Waals surface area contributed by atoms with Crippen LogP contribution in [0.25, 0.3) is 10.8 Å². The third-order valence-electron chi connectivity index (χ3n) is 5.41. The molecule has 0 spiro atoms. The summed E-state index contributed by atoms with van der Waals surface area (Å²) >= 11 is 0. The maximum Gasteiger partial charge on any atom is 0.264 e. The van der Waals surface area contributed by atoms with Crippen molar-refractivity contribution in [2.24, 2.45) is 0 Å². The SMILES string of the molecule is Cc1ccccc1N(C)S(=O)(=O)c1ccc(N2CCNCC2)c2ccccc12. The van der Waals surface area contributed by atoms with Gasteiger partial charge in [-0.1, -0.05) is 42.5 Å². The number of para-hydroxylation sites is 1. The number of nitrogens with zero attached hydrogens (tertiary/aromatic N) is 2. The van der Waals surface area contributed by atoms with E-state index in [0.29, 0.717) is 10.6 Å². The van der Waals surface area contributed by atoms with Crippen molar-refractivity contribution in [3.63, 3.8) is 0 Å². The first-order valence-corrected chi connectivity index (χ1v) is 11.0. The van der Waals surface area contributed by atoms with Crippen LogP contribution in [0.1, 0.15) is 5.56 Å². The second-order valence-corrected chi connectivity index (χ2v) is 9.06. The summed E-state index contributed by atoms with van der Waals surface area (Å²) in [4.78, 5) is 2.66. The molecule has 28 heavy (non-hydrogen) atoms. The van der Waals surface area contributed by atoms with Crippen molar-refractivity contribution in [3.05, 3.63) is 66.2 Å². The molecule has 0 aromatic heterocycles. The Hall–Kier alpha value is -2.57. The summed E-state index contributed by atoms with van der Waals surface area (Å²) < 4.78 is 28.4. The molecule has 5 nitrogen and oxygen atoms in total. The number of rotatable bonds is 4. The van der Waals surface area contributed by atoms with E-state index in [0.717, 1.165) is 48.2 Å². The van der Waals surface area contributed by atoms with Gasteiger partial charge in [-0.15, -0.1) is 0 Å². The maximum absolute atomic E-state index is 13.5. The number of piperazine rings is 1. The first-order chi connectivity index (χ1) is 13.5. The molecule has 1 saturated heterocycles. The van der Waals surface area contributed by atoms with Gasteiger partial charge in [-0.2, -0.15) is 0 Å². The van der Waals surface area contributed by atoms with Crippen molar-refractivity contribution in [2.45, 2.75) is 11.8 Å². The molecule has 0 atom stereocenters. The van der Waals surface area contributed by atoms with Gasteiger partial charge >= 0.3 is 0 Å². The minimum atomic E-state index is -3.69. The van der Waals surface area contributed by atoms with E-state index < -0.39 is 10.0 Å². The Morgan fingerprint density at radius 3 is 2.25 bits per heavy atom. The number of sulfonamides is 1. The molecule has 1 fully saturated rings. The van der Waals surface area contributed by atoms with E-state index >= 15 is 0 Å². The molecule has 3 aromatic rings. The fourth-order valence-corrected chi connectivity index (χ4v) is 5.31. The monoisotopic (exact) mass is 395 g/mol. The molecule has 0 bridgehead atoms. The molecule has 1 heterocycles. The highest BCUT2D eigenvalue weighted by molar-refractivity contribution is 7.93. The molecule has 1 aliphatic rings. The number of anilines is 2. The molecule has 0 saturated carbocycles. The lowest BCUT2D eigenvalue weighted by Crippen LogP contribution is -2.43. The van der Waals surface area contributed by atoms with Gasteiger partial charge in [-0.3, -0.25) is 4.31 Å². The zero-order chi connectivity index (χ0) is 19.7. The number of fused-ring (bicyclic) bond motifs is 1. The van der Waals surface area contributed by atoms with Crippen LogP contribution in [0.15, 0.2) is 65.6 Å². The van der Waals surface area contributed by atoms with E-state index in [2.05, 4.69) is 10.2 Å². The first kappa shape index (κ1) is 18.8. The smallest absolute Gasteiger partial charge is 0.264 e. The van der Waals surface area contributed by atoms with Crippen molar-refractivity contribution in [2.75, 3.05) is 42.4 Å². The van der Waals surface area contributed by atoms with E-state index in [9.17, 15) is 8.42 Å². The molecule has 0 radical (unpaired) electrons. The predicted octanol–water partition coefficient (Wildman–Crippen LogP) is 3.38. The van der Waals surface area contributed by atoms with E-state index in [1.807, 2.05) is 61.5 Å². The second kappa shape index (κ2) is 7.45. The van der Waals surface area contributed by atoms with Gasteiger partial charge < -0.3 is 10.2 Å². The summed E-state index contributed by atoms with van der Waals surface area (Å²) in [6.45, 7) is 5.63. The Kier molecular flexibility index (Phi) is 5.00. The minimum absolute atomic E-state index is 0.340. The Labute approximate surface area is 166 Å². The normalized spacial score (nSPS) is 15.0. The lowest BCUT2D eigenvalue weighted by Gasteiger charge is -2.31. The molecule has 0 aliphatic carbocycles. The fourth-order valence-electron chi connectivity index (χ4n) is 3.86. The summed E-state index contributed by atoms with van der Waals surface area (Å²) in [5.41, 5.74) is 2.71. The third-order valence-corrected chi connectivity index (χ3v) is 7.24. The Bertz CT molecular complexity index is 1110. The van der Waals surface area contributed by atoms with Gasteiger partial charge in [-0.25, -0.2) is 8.42 Å². The lowest BCUT2D eigenvalue weighted by atomic mass is 10.1. The summed E-state index contributed by atoms with van der Waals surface area (Å²) in [6, 6.07) is 19.0. The van der Waals surface area contributed by atoms with E-state index in [-0.39, 0.29) is 0 Å². The van der Waals surface area contributed by atoms with Gasteiger partial charge in [0, 0.05) is 49.7 Å². The van der Waals surface area contributed by atoms with Gasteiger partial charge in [0.1, 0.15) is 0 Å². The van der Waals surface area contributed by atoms with Crippen LogP contribution >= 0.6 is 0 Å². The van der Waals surface area contributed by atoms with Crippen molar-refractivity contribution < 1.29 is 8.42 Å². The molecular formula is C22H25N3O2S. The van der Waals surface area contributed by atoms with E-state index in [1.54, 1.807) is 13.1 Å². The zero-order valence-corrected chi connectivity index (χ0v) is 17.0. The van der Waals surface area contributed by atoms with Gasteiger partial charge in [0.25, 0.3) is 10.0 Å². The van der Waals surface area contributed by atoms with Crippen LogP contribution < -0.4 is 14.5 Å². The van der Waals surface area contributed by atoms with Crippen LogP contribution in [0.3, 0.4) is 0 Å². The lowest BCUT2D eigenvalue weighted by molar-refractivity contribution is 0.589. The Morgan fingerprint density at radius 2 is 1.54 bits per heavy atom. The summed E-state index contributed by atoms with van der Waals surface area (Å²) in [6.07, 6.45) is 0. The molecule has 1 N–H and O–H groups in total. The molecule has 0 unspecified atom stereocenters. The van der Waals surface area contributed by atoms with Gasteiger partial charge in [-0.05, 0) is 30.7 Å². The van der Waals surface area contributed by atoms with Crippen LogP contribution in [0.2, 0.25) is 0 Å². The fraction of sp³-hybridized carbons (Fsp3) is 0.273. The minimum Gasteiger partial charge on any atom is -0.368 e. The van der Waals surface area contributed by atoms with Crippen LogP contribution in [0.5, 0.6) is 0 Å². The average molecular weight is 396 g/mol. The molecule has 1 aliphatic heterocycles. The number of aryl methyl sites for hydroxylation is 1. The van der Waals surface area contributed by atoms with Crippen LogP contribution in [0, 0.1) is 6.92 Å². The maximum atomic E-state index is 13.5. The van der Waals surface area contributed by atoms with Crippen molar-refractivity contribution >= 4 is 32.2 Å². The van der Waals surface area contributed by atoms with Crippen molar-refractivity contribution in [1.82, 2.24) is 5.32 Å². The number of hydrogen-bond acceptors (Lipinski definition) is 4. The molecule has 0 amide bonds. The standard InChI is InChI=1S/C22H25N3O2S/c1-17-7-3-6-10-20(17)24(2)28(26,27)22-12-11-21(25-15-13-23-14-16-25)18-8-4-5-9-19(18)22/h3-12,23H,13-16H2,1-2H3. The van der Waals surface area contributed by atoms with Gasteiger partial charge in [0.15, 0.2) is 0 Å². The summed E-state index contributed by atoms with van der Waals surface area (Å²) in [7, 11) is -2.06. The Morgan fingerprint density at radius 1 is 0.893 bits per heavy atom. The van der Waals surface area contributed by atoms with Crippen LogP contribution in [0.4, 0.5) is 11.4 Å². The van der Waals surface area contributed by atoms with Gasteiger partial charge in [0.05, 0.1) is 10.6 Å². The summed E-state index contributed by atoms with van der Waals surface area (Å²) in [5.74, 6) is 0. The highest BCUT2D eigenvalue weighted by Crippen LogP contribution is 2.34. The first-order valence-electron chi connectivity index (χ1n) is 9.52. The second-order valence-electron chi connectivity index (χ2n) is 7.12. The summed E-state index contributed by atoms with van der Waals surface area (Å²) in [5, 5.41) is 5.10. The van der Waals surface area contributed by atoms with Gasteiger partial charge in [0.2, 0.25) is 0 Å². The topological polar surface area (TPSA) is 52.7 Å². The average Bonchev–Trinajstić information content (AvgIpc) is 2.73. The number of nitrogens with one attached hydrogen (secondary N) is 1. The highest BCUT2D eigenvalue weighted by atomic mass is 32.2. The van der Waals surface area contributed by atoms with Crippen molar-refractivity contribution in [3.8, 4) is 0 Å². The molecule has 146 valence electrons. The highest BCUT2D eigenvalue weighted by Gasteiger charge is 2.26. The Balaban J connectivity index is 1.84. The molecule has 3 aromatic carbocycles. The van der Waals surface area contributed by atoms with E-state index in [4.69, 9.17) is 0 Å². The zero-order valence-electron chi connectivity index (χ0n) is 16.2. The molecule has 4 rings (SSSR count). The van der Waals surface area contributed by atoms with E-state index in [1.165, 1.54) is 4.31 Å². The van der Waals surface area contributed by atoms with Crippen molar-refractivity contribution in [1.29, 1.82) is 0 Å². The van der Waals surface area contributed by atoms with Crippen LogP contribution in [-0.2, 0) is 10.0 Å². The largest absolute Gasteiger partial charge is 0.368 e. The molecular weight excluding hydrogens is 370 g/mol. The number of benzene rings is 3. The predicted molar refractivity (Wildman–Crippen MR) is 116 cm³/mol.